The van der Waals surface area contributed by atoms with Gasteiger partial charge in [0.1, 0.15) is 5.78 Å². The van der Waals surface area contributed by atoms with Gasteiger partial charge in [0.05, 0.1) is 26.7 Å². The van der Waals surface area contributed by atoms with Gasteiger partial charge in [0, 0.05) is 0 Å². The van der Waals surface area contributed by atoms with Crippen molar-refractivity contribution in [3.05, 3.63) is 0 Å². The Balaban J connectivity index is 5.64. The number of rotatable bonds is 8. The summed E-state index contributed by atoms with van der Waals surface area (Å²) in [6.45, 7) is 3.92. The number of ketones is 1. The maximum atomic E-state index is 11.9. The molecule has 2 atom stereocenters. The molecule has 0 aromatic heterocycles. The Morgan fingerprint density at radius 1 is 1.10 bits per heavy atom. The zero-order valence-electron chi connectivity index (χ0n) is 12.5. The van der Waals surface area contributed by atoms with Crippen molar-refractivity contribution in [2.45, 2.75) is 32.8 Å². The van der Waals surface area contributed by atoms with Gasteiger partial charge in [-0.15, -0.1) is 0 Å². The van der Waals surface area contributed by atoms with E-state index in [9.17, 15) is 24.3 Å². The monoisotopic (exact) mass is 304 g/mol. The van der Waals surface area contributed by atoms with Crippen molar-refractivity contribution in [2.24, 2.45) is 5.92 Å². The van der Waals surface area contributed by atoms with Crippen LogP contribution in [0.2, 0.25) is 0 Å². The van der Waals surface area contributed by atoms with E-state index in [0.29, 0.717) is 0 Å². The molecule has 8 heteroatoms. The van der Waals surface area contributed by atoms with Crippen LogP contribution in [0.5, 0.6) is 0 Å². The van der Waals surface area contributed by atoms with E-state index in [2.05, 4.69) is 14.2 Å². The summed E-state index contributed by atoms with van der Waals surface area (Å²) in [6.07, 6.45) is -0.890. The highest BCUT2D eigenvalue weighted by Gasteiger charge is 2.54. The standard InChI is InChI=1S/C13H20O8/c1-5-20-9(15)7-13(18,12(17)21-6-2)10(8(3)14)11(16)19-4/h10,18H,5-7H2,1-4H3. The molecular formula is C13H20O8. The minimum atomic E-state index is -2.67. The van der Waals surface area contributed by atoms with Crippen LogP contribution in [-0.2, 0) is 33.4 Å². The Kier molecular flexibility index (Phi) is 7.57. The molecule has 0 heterocycles. The van der Waals surface area contributed by atoms with Crippen LogP contribution in [0.15, 0.2) is 0 Å². The minimum Gasteiger partial charge on any atom is -0.468 e. The molecular weight excluding hydrogens is 284 g/mol. The van der Waals surface area contributed by atoms with E-state index in [4.69, 9.17) is 0 Å². The molecule has 1 N–H and O–H groups in total. The fraction of sp³-hybridized carbons (Fsp3) is 0.692. The molecule has 0 spiro atoms. The molecule has 0 aromatic rings. The van der Waals surface area contributed by atoms with Crippen LogP contribution in [0.25, 0.3) is 0 Å². The topological polar surface area (TPSA) is 116 Å². The lowest BCUT2D eigenvalue weighted by Gasteiger charge is -2.29. The van der Waals surface area contributed by atoms with Crippen LogP contribution in [0, 0.1) is 5.92 Å². The molecule has 0 aliphatic rings. The van der Waals surface area contributed by atoms with Gasteiger partial charge in [0.15, 0.2) is 11.5 Å². The van der Waals surface area contributed by atoms with Gasteiger partial charge in [0.25, 0.3) is 0 Å². The van der Waals surface area contributed by atoms with Crippen molar-refractivity contribution in [3.8, 4) is 0 Å². The first-order valence-corrected chi connectivity index (χ1v) is 6.38. The predicted octanol–water partition coefficient (Wildman–Crippen LogP) is -0.388. The summed E-state index contributed by atoms with van der Waals surface area (Å²) in [5.41, 5.74) is -2.67. The van der Waals surface area contributed by atoms with Crippen molar-refractivity contribution < 1.29 is 38.5 Å². The predicted molar refractivity (Wildman–Crippen MR) is 69.0 cm³/mol. The highest BCUT2D eigenvalue weighted by atomic mass is 16.6. The Bertz CT molecular complexity index is 416. The second-order valence-electron chi connectivity index (χ2n) is 4.19. The van der Waals surface area contributed by atoms with E-state index >= 15 is 0 Å². The molecule has 0 saturated heterocycles. The number of ether oxygens (including phenoxy) is 3. The van der Waals surface area contributed by atoms with Gasteiger partial charge in [-0.05, 0) is 20.8 Å². The molecule has 0 aromatic carbocycles. The van der Waals surface area contributed by atoms with E-state index in [1.807, 2.05) is 0 Å². The second kappa shape index (κ2) is 8.35. The number of esters is 3. The van der Waals surface area contributed by atoms with Gasteiger partial charge in [0.2, 0.25) is 0 Å². The van der Waals surface area contributed by atoms with Gasteiger partial charge in [-0.25, -0.2) is 4.79 Å². The van der Waals surface area contributed by atoms with Crippen LogP contribution in [0.1, 0.15) is 27.2 Å². The number of hydrogen-bond donors (Lipinski definition) is 1. The summed E-state index contributed by atoms with van der Waals surface area (Å²) in [5.74, 6) is -6.04. The molecule has 8 nitrogen and oxygen atoms in total. The summed E-state index contributed by atoms with van der Waals surface area (Å²) in [7, 11) is 0.994. The summed E-state index contributed by atoms with van der Waals surface area (Å²) in [5, 5.41) is 10.4. The second-order valence-corrected chi connectivity index (χ2v) is 4.19. The largest absolute Gasteiger partial charge is 0.468 e. The van der Waals surface area contributed by atoms with Crippen molar-refractivity contribution in [2.75, 3.05) is 20.3 Å². The average molecular weight is 304 g/mol. The van der Waals surface area contributed by atoms with Crippen LogP contribution in [0.3, 0.4) is 0 Å². The molecule has 0 aliphatic heterocycles. The number of carbonyl (C=O) groups is 4. The normalized spacial score (nSPS) is 14.5. The maximum absolute atomic E-state index is 11.9. The van der Waals surface area contributed by atoms with E-state index in [-0.39, 0.29) is 13.2 Å². The fourth-order valence-corrected chi connectivity index (χ4v) is 1.80. The number of aliphatic hydroxyl groups is 1. The van der Waals surface area contributed by atoms with Gasteiger partial charge < -0.3 is 19.3 Å². The zero-order valence-corrected chi connectivity index (χ0v) is 12.5. The number of hydrogen-bond acceptors (Lipinski definition) is 8. The lowest BCUT2D eigenvalue weighted by atomic mass is 9.81. The lowest BCUT2D eigenvalue weighted by molar-refractivity contribution is -0.186. The summed E-state index contributed by atoms with van der Waals surface area (Å²) in [4.78, 5) is 46.8. The highest BCUT2D eigenvalue weighted by Crippen LogP contribution is 2.27. The fourth-order valence-electron chi connectivity index (χ4n) is 1.80. The summed E-state index contributed by atoms with van der Waals surface area (Å²) >= 11 is 0. The third-order valence-electron chi connectivity index (χ3n) is 2.67. The number of methoxy groups -OCH3 is 1. The van der Waals surface area contributed by atoms with Crippen LogP contribution in [0.4, 0.5) is 0 Å². The Morgan fingerprint density at radius 2 is 1.62 bits per heavy atom. The lowest BCUT2D eigenvalue weighted by Crippen LogP contribution is -2.54. The third-order valence-corrected chi connectivity index (χ3v) is 2.67. The van der Waals surface area contributed by atoms with Gasteiger partial charge in [-0.3, -0.25) is 14.4 Å². The number of Topliss-reactive ketones (excluding diaryl/α,β-unsaturated/α-hetero) is 1. The van der Waals surface area contributed by atoms with E-state index < -0.39 is 41.6 Å². The van der Waals surface area contributed by atoms with E-state index in [1.165, 1.54) is 13.8 Å². The number of carbonyl (C=O) groups excluding carboxylic acids is 4. The van der Waals surface area contributed by atoms with Gasteiger partial charge in [-0.1, -0.05) is 0 Å². The molecule has 0 aliphatic carbocycles. The molecule has 0 saturated carbocycles. The first kappa shape index (κ1) is 19.0. The summed E-state index contributed by atoms with van der Waals surface area (Å²) in [6, 6.07) is 0. The summed E-state index contributed by atoms with van der Waals surface area (Å²) < 4.78 is 13.7. The van der Waals surface area contributed by atoms with Gasteiger partial charge >= 0.3 is 17.9 Å². The van der Waals surface area contributed by atoms with Crippen LogP contribution < -0.4 is 0 Å². The van der Waals surface area contributed by atoms with Gasteiger partial charge in [-0.2, -0.15) is 0 Å². The molecule has 0 radical (unpaired) electrons. The molecule has 21 heavy (non-hydrogen) atoms. The van der Waals surface area contributed by atoms with Crippen LogP contribution >= 0.6 is 0 Å². The first-order chi connectivity index (χ1) is 9.74. The van der Waals surface area contributed by atoms with Crippen molar-refractivity contribution in [1.82, 2.24) is 0 Å². The molecule has 0 bridgehead atoms. The quantitative estimate of drug-likeness (QED) is 0.366. The molecule has 120 valence electrons. The van der Waals surface area contributed by atoms with E-state index in [1.54, 1.807) is 0 Å². The third kappa shape index (κ3) is 4.82. The molecule has 0 rings (SSSR count). The molecule has 0 amide bonds. The maximum Gasteiger partial charge on any atom is 0.340 e. The van der Waals surface area contributed by atoms with Crippen molar-refractivity contribution in [3.63, 3.8) is 0 Å². The SMILES string of the molecule is CCOC(=O)CC(O)(C(=O)OCC)C(C(C)=O)C(=O)OC. The van der Waals surface area contributed by atoms with Crippen LogP contribution in [-0.4, -0.2) is 54.7 Å². The Hall–Kier alpha value is -1.96. The minimum absolute atomic E-state index is 0.0146. The highest BCUT2D eigenvalue weighted by molar-refractivity contribution is 6.05. The average Bonchev–Trinajstić information content (AvgIpc) is 2.38. The zero-order chi connectivity index (χ0) is 16.6. The smallest absolute Gasteiger partial charge is 0.340 e. The Labute approximate surface area is 122 Å². The molecule has 0 fully saturated rings. The van der Waals surface area contributed by atoms with Crippen molar-refractivity contribution in [1.29, 1.82) is 0 Å². The molecule has 2 unspecified atom stereocenters. The Morgan fingerprint density at radius 3 is 2.00 bits per heavy atom. The first-order valence-electron chi connectivity index (χ1n) is 6.38. The van der Waals surface area contributed by atoms with Crippen molar-refractivity contribution >= 4 is 23.7 Å². The van der Waals surface area contributed by atoms with E-state index in [0.717, 1.165) is 14.0 Å².